The maximum absolute atomic E-state index is 10.9. The number of halogens is 1. The summed E-state index contributed by atoms with van der Waals surface area (Å²) in [6.07, 6.45) is -1.75. The van der Waals surface area contributed by atoms with Crippen LogP contribution in [0.15, 0.2) is 16.7 Å². The number of benzene rings is 1. The monoisotopic (exact) mass is 507 g/mol. The van der Waals surface area contributed by atoms with Crippen LogP contribution >= 0.6 is 22.9 Å². The highest BCUT2D eigenvalue weighted by molar-refractivity contribution is 7.15. The molecule has 2 aromatic heterocycles. The number of aliphatic hydroxyl groups is 2. The number of aromatic nitrogens is 2. The standard InChI is InChI=1S/C24H30ClN3O5S/c1-11(2)6-17-13(4)21(34-14(17)5)24-27-23(28-33-24)15-7-12(3)20(18(25)8-15)32-10-16(29)9-19(30)22(26)31/h7-8,11,16,19,29-30H,6,9-10H2,1-5H3,(H2,26,31)/t16-,19?/m1/s1. The number of primary amides is 1. The molecule has 0 aliphatic heterocycles. The Kier molecular flexibility index (Phi) is 8.35. The van der Waals surface area contributed by atoms with Crippen LogP contribution in [0.5, 0.6) is 5.75 Å². The lowest BCUT2D eigenvalue weighted by Gasteiger charge is -2.16. The van der Waals surface area contributed by atoms with E-state index < -0.39 is 18.1 Å². The number of hydrogen-bond donors (Lipinski definition) is 3. The molecule has 2 heterocycles. The highest BCUT2D eigenvalue weighted by atomic mass is 35.5. The maximum atomic E-state index is 10.9. The molecule has 1 amide bonds. The number of rotatable bonds is 10. The quantitative estimate of drug-likeness (QED) is 0.374. The summed E-state index contributed by atoms with van der Waals surface area (Å²) in [4.78, 5) is 17.8. The Morgan fingerprint density at radius 2 is 1.97 bits per heavy atom. The molecule has 34 heavy (non-hydrogen) atoms. The van der Waals surface area contributed by atoms with Crippen LogP contribution in [0.4, 0.5) is 0 Å². The van der Waals surface area contributed by atoms with E-state index in [4.69, 9.17) is 26.6 Å². The predicted molar refractivity (Wildman–Crippen MR) is 132 cm³/mol. The van der Waals surface area contributed by atoms with Crippen LogP contribution in [0.2, 0.25) is 5.02 Å². The SMILES string of the molecule is Cc1cc(-c2noc(-c3sc(C)c(CC(C)C)c3C)n2)cc(Cl)c1OC[C@H](O)CC(O)C(N)=O. The summed E-state index contributed by atoms with van der Waals surface area (Å²) in [5.74, 6) is 0.914. The fourth-order valence-electron chi connectivity index (χ4n) is 3.70. The number of carbonyl (C=O) groups is 1. The van der Waals surface area contributed by atoms with Gasteiger partial charge in [0.1, 0.15) is 18.5 Å². The Hall–Kier alpha value is -2.46. The van der Waals surface area contributed by atoms with Gasteiger partial charge in [0, 0.05) is 16.9 Å². The highest BCUT2D eigenvalue weighted by Gasteiger charge is 2.22. The van der Waals surface area contributed by atoms with Crippen LogP contribution < -0.4 is 10.5 Å². The number of thiophene rings is 1. The third-order valence-electron chi connectivity index (χ3n) is 5.44. The average Bonchev–Trinajstić information content (AvgIpc) is 3.33. The third-order valence-corrected chi connectivity index (χ3v) is 6.96. The van der Waals surface area contributed by atoms with E-state index in [0.717, 1.165) is 11.3 Å². The number of ether oxygens (including phenoxy) is 1. The Labute approximate surface area is 207 Å². The van der Waals surface area contributed by atoms with E-state index >= 15 is 0 Å². The van der Waals surface area contributed by atoms with Gasteiger partial charge >= 0.3 is 0 Å². The second kappa shape index (κ2) is 10.9. The largest absolute Gasteiger partial charge is 0.489 e. The molecule has 0 aliphatic rings. The van der Waals surface area contributed by atoms with Crippen molar-refractivity contribution < 1.29 is 24.3 Å². The zero-order valence-electron chi connectivity index (χ0n) is 19.9. The van der Waals surface area contributed by atoms with Gasteiger partial charge in [-0.2, -0.15) is 4.98 Å². The number of amides is 1. The first-order valence-electron chi connectivity index (χ1n) is 11.0. The second-order valence-corrected chi connectivity index (χ2v) is 10.5. The first-order chi connectivity index (χ1) is 16.0. The molecule has 0 fully saturated rings. The van der Waals surface area contributed by atoms with Crippen molar-refractivity contribution in [2.75, 3.05) is 6.61 Å². The van der Waals surface area contributed by atoms with Gasteiger partial charge < -0.3 is 25.2 Å². The molecular formula is C24H30ClN3O5S. The van der Waals surface area contributed by atoms with E-state index in [1.165, 1.54) is 16.0 Å². The molecule has 4 N–H and O–H groups in total. The van der Waals surface area contributed by atoms with Crippen LogP contribution in [0.25, 0.3) is 22.2 Å². The van der Waals surface area contributed by atoms with Crippen molar-refractivity contribution >= 4 is 28.8 Å². The molecule has 1 unspecified atom stereocenters. The van der Waals surface area contributed by atoms with E-state index in [1.54, 1.807) is 24.3 Å². The first kappa shape index (κ1) is 26.2. The lowest BCUT2D eigenvalue weighted by Crippen LogP contribution is -2.33. The summed E-state index contributed by atoms with van der Waals surface area (Å²) in [7, 11) is 0. The number of carbonyl (C=O) groups excluding carboxylic acids is 1. The van der Waals surface area contributed by atoms with Gasteiger partial charge in [-0.1, -0.05) is 30.6 Å². The third kappa shape index (κ3) is 5.96. The van der Waals surface area contributed by atoms with Crippen molar-refractivity contribution in [2.45, 2.75) is 59.7 Å². The maximum Gasteiger partial charge on any atom is 0.268 e. The predicted octanol–water partition coefficient (Wildman–Crippen LogP) is 4.22. The Morgan fingerprint density at radius 3 is 2.59 bits per heavy atom. The number of aliphatic hydroxyl groups excluding tert-OH is 2. The highest BCUT2D eigenvalue weighted by Crippen LogP contribution is 2.38. The van der Waals surface area contributed by atoms with Crippen molar-refractivity contribution in [3.63, 3.8) is 0 Å². The van der Waals surface area contributed by atoms with Crippen molar-refractivity contribution in [3.8, 4) is 27.9 Å². The van der Waals surface area contributed by atoms with Crippen LogP contribution in [0.3, 0.4) is 0 Å². The number of nitrogens with two attached hydrogens (primary N) is 1. The van der Waals surface area contributed by atoms with E-state index in [2.05, 4.69) is 37.8 Å². The second-order valence-electron chi connectivity index (χ2n) is 8.83. The average molecular weight is 508 g/mol. The summed E-state index contributed by atoms with van der Waals surface area (Å²) in [6, 6.07) is 3.48. The van der Waals surface area contributed by atoms with E-state index in [0.29, 0.717) is 39.5 Å². The molecule has 184 valence electrons. The lowest BCUT2D eigenvalue weighted by molar-refractivity contribution is -0.127. The molecule has 0 aliphatic carbocycles. The molecule has 10 heteroatoms. The zero-order valence-corrected chi connectivity index (χ0v) is 21.5. The van der Waals surface area contributed by atoms with E-state index in [-0.39, 0.29) is 13.0 Å². The minimum absolute atomic E-state index is 0.160. The summed E-state index contributed by atoms with van der Waals surface area (Å²) >= 11 is 8.09. The summed E-state index contributed by atoms with van der Waals surface area (Å²) in [6.45, 7) is 10.2. The minimum Gasteiger partial charge on any atom is -0.489 e. The molecule has 0 saturated carbocycles. The molecule has 2 atom stereocenters. The summed E-state index contributed by atoms with van der Waals surface area (Å²) in [5, 5.41) is 23.9. The Bertz CT molecular complexity index is 1150. The molecule has 0 spiro atoms. The minimum atomic E-state index is -1.44. The van der Waals surface area contributed by atoms with Crippen LogP contribution in [-0.4, -0.2) is 45.1 Å². The Balaban J connectivity index is 1.78. The van der Waals surface area contributed by atoms with Gasteiger partial charge in [-0.25, -0.2) is 0 Å². The van der Waals surface area contributed by atoms with Gasteiger partial charge in [-0.3, -0.25) is 4.79 Å². The van der Waals surface area contributed by atoms with Crippen LogP contribution in [0.1, 0.15) is 41.8 Å². The number of nitrogens with zero attached hydrogens (tertiary/aromatic N) is 2. The zero-order chi connectivity index (χ0) is 25.2. The molecular weight excluding hydrogens is 478 g/mol. The summed E-state index contributed by atoms with van der Waals surface area (Å²) in [5.41, 5.74) is 8.89. The topological polar surface area (TPSA) is 132 Å². The van der Waals surface area contributed by atoms with Gasteiger partial charge in [0.2, 0.25) is 11.7 Å². The molecule has 0 saturated heterocycles. The van der Waals surface area contributed by atoms with E-state index in [9.17, 15) is 15.0 Å². The molecule has 0 bridgehead atoms. The fraction of sp³-hybridized carbons (Fsp3) is 0.458. The molecule has 3 aromatic rings. The van der Waals surface area contributed by atoms with Gasteiger partial charge in [-0.05, 0) is 61.9 Å². The molecule has 1 aromatic carbocycles. The number of hydrogen-bond acceptors (Lipinski definition) is 8. The van der Waals surface area contributed by atoms with Crippen molar-refractivity contribution in [1.82, 2.24) is 10.1 Å². The smallest absolute Gasteiger partial charge is 0.268 e. The molecule has 3 rings (SSSR count). The van der Waals surface area contributed by atoms with Crippen molar-refractivity contribution in [3.05, 3.63) is 38.7 Å². The van der Waals surface area contributed by atoms with Gasteiger partial charge in [0.05, 0.1) is 16.0 Å². The molecule has 0 radical (unpaired) electrons. The molecule has 8 nitrogen and oxygen atoms in total. The first-order valence-corrected chi connectivity index (χ1v) is 12.2. The normalized spacial score (nSPS) is 13.3. The summed E-state index contributed by atoms with van der Waals surface area (Å²) < 4.78 is 11.2. The van der Waals surface area contributed by atoms with Gasteiger partial charge in [0.25, 0.3) is 5.89 Å². The van der Waals surface area contributed by atoms with Crippen LogP contribution in [0, 0.1) is 26.7 Å². The fourth-order valence-corrected chi connectivity index (χ4v) is 5.13. The van der Waals surface area contributed by atoms with Crippen molar-refractivity contribution in [2.24, 2.45) is 11.7 Å². The van der Waals surface area contributed by atoms with Gasteiger partial charge in [0.15, 0.2) is 0 Å². The van der Waals surface area contributed by atoms with Crippen molar-refractivity contribution in [1.29, 1.82) is 0 Å². The lowest BCUT2D eigenvalue weighted by atomic mass is 9.99. The Morgan fingerprint density at radius 1 is 1.26 bits per heavy atom. The van der Waals surface area contributed by atoms with Gasteiger partial charge in [-0.15, -0.1) is 11.3 Å². The van der Waals surface area contributed by atoms with Crippen LogP contribution in [-0.2, 0) is 11.2 Å². The van der Waals surface area contributed by atoms with E-state index in [1.807, 2.05) is 6.07 Å². The number of aryl methyl sites for hydroxylation is 2.